The summed E-state index contributed by atoms with van der Waals surface area (Å²) in [6.45, 7) is 2.29. The minimum absolute atomic E-state index is 0.315. The van der Waals surface area contributed by atoms with Gasteiger partial charge in [-0.05, 0) is 37.5 Å². The molecule has 0 bridgehead atoms. The Morgan fingerprint density at radius 3 is 2.43 bits per heavy atom. The fourth-order valence-electron chi connectivity index (χ4n) is 2.96. The summed E-state index contributed by atoms with van der Waals surface area (Å²) in [5.41, 5.74) is 1.98. The van der Waals surface area contributed by atoms with Crippen LogP contribution in [0.1, 0.15) is 30.0 Å². The van der Waals surface area contributed by atoms with E-state index in [9.17, 15) is 17.2 Å². The number of nitrogens with zero attached hydrogens (tertiary/aromatic N) is 1. The predicted molar refractivity (Wildman–Crippen MR) is 83.4 cm³/mol. The van der Waals surface area contributed by atoms with Gasteiger partial charge in [0.15, 0.2) is 0 Å². The van der Waals surface area contributed by atoms with Crippen molar-refractivity contribution in [3.05, 3.63) is 65.2 Å². The molecular weight excluding hydrogens is 320 g/mol. The fourth-order valence-corrected chi connectivity index (χ4v) is 4.69. The van der Waals surface area contributed by atoms with E-state index in [1.54, 1.807) is 0 Å². The van der Waals surface area contributed by atoms with E-state index in [1.165, 1.54) is 4.31 Å². The number of hydrogen-bond donors (Lipinski definition) is 0. The second-order valence-electron chi connectivity index (χ2n) is 5.76. The zero-order chi connectivity index (χ0) is 16.6. The first kappa shape index (κ1) is 16.1. The lowest BCUT2D eigenvalue weighted by Crippen LogP contribution is -2.31. The molecule has 2 aromatic rings. The van der Waals surface area contributed by atoms with Crippen molar-refractivity contribution in [2.45, 2.75) is 30.7 Å². The molecular formula is C17H17F2NO2S. The minimum Gasteiger partial charge on any atom is -0.207 e. The van der Waals surface area contributed by atoms with E-state index in [2.05, 4.69) is 0 Å². The summed E-state index contributed by atoms with van der Waals surface area (Å²) < 4.78 is 53.9. The average molecular weight is 337 g/mol. The molecule has 6 heteroatoms. The topological polar surface area (TPSA) is 37.4 Å². The lowest BCUT2D eigenvalue weighted by Gasteiger charge is -2.24. The van der Waals surface area contributed by atoms with Crippen LogP contribution in [0.3, 0.4) is 0 Å². The van der Waals surface area contributed by atoms with Crippen molar-refractivity contribution < 1.29 is 17.2 Å². The van der Waals surface area contributed by atoms with Gasteiger partial charge in [0.1, 0.15) is 16.5 Å². The van der Waals surface area contributed by atoms with Crippen LogP contribution in [0.25, 0.3) is 0 Å². The summed E-state index contributed by atoms with van der Waals surface area (Å²) in [5.74, 6) is -1.85. The third-order valence-corrected chi connectivity index (χ3v) is 6.09. The first-order valence-electron chi connectivity index (χ1n) is 7.43. The Kier molecular flexibility index (Phi) is 4.21. The van der Waals surface area contributed by atoms with Crippen molar-refractivity contribution >= 4 is 10.0 Å². The summed E-state index contributed by atoms with van der Waals surface area (Å²) in [7, 11) is -4.00. The Bertz CT molecular complexity index is 819. The monoisotopic (exact) mass is 337 g/mol. The highest BCUT2D eigenvalue weighted by Gasteiger charge is 2.37. The molecule has 0 amide bonds. The van der Waals surface area contributed by atoms with Crippen LogP contribution in [0.4, 0.5) is 8.78 Å². The first-order chi connectivity index (χ1) is 10.9. The van der Waals surface area contributed by atoms with Gasteiger partial charge in [-0.15, -0.1) is 0 Å². The molecule has 0 saturated carbocycles. The van der Waals surface area contributed by atoms with Crippen molar-refractivity contribution in [2.24, 2.45) is 0 Å². The second kappa shape index (κ2) is 6.02. The zero-order valence-electron chi connectivity index (χ0n) is 12.7. The SMILES string of the molecule is Cc1ccc(C2CCCN2S(=O)(=O)c2ccc(F)cc2F)cc1. The molecule has 1 saturated heterocycles. The van der Waals surface area contributed by atoms with Crippen LogP contribution in [0.15, 0.2) is 47.4 Å². The number of aryl methyl sites for hydroxylation is 1. The van der Waals surface area contributed by atoms with E-state index in [1.807, 2.05) is 31.2 Å². The summed E-state index contributed by atoms with van der Waals surface area (Å²) in [6.07, 6.45) is 1.39. The van der Waals surface area contributed by atoms with Gasteiger partial charge in [-0.2, -0.15) is 4.31 Å². The largest absolute Gasteiger partial charge is 0.246 e. The van der Waals surface area contributed by atoms with Gasteiger partial charge in [0.25, 0.3) is 0 Å². The van der Waals surface area contributed by atoms with Gasteiger partial charge < -0.3 is 0 Å². The highest BCUT2D eigenvalue weighted by atomic mass is 32.2. The number of hydrogen-bond acceptors (Lipinski definition) is 2. The summed E-state index contributed by atoms with van der Waals surface area (Å²) in [5, 5.41) is 0. The maximum Gasteiger partial charge on any atom is 0.246 e. The van der Waals surface area contributed by atoms with Crippen LogP contribution < -0.4 is 0 Å². The lowest BCUT2D eigenvalue weighted by molar-refractivity contribution is 0.393. The third kappa shape index (κ3) is 3.01. The first-order valence-corrected chi connectivity index (χ1v) is 8.87. The predicted octanol–water partition coefficient (Wildman–Crippen LogP) is 3.80. The van der Waals surface area contributed by atoms with E-state index in [0.717, 1.165) is 23.3 Å². The van der Waals surface area contributed by atoms with Gasteiger partial charge in [-0.25, -0.2) is 17.2 Å². The quantitative estimate of drug-likeness (QED) is 0.854. The zero-order valence-corrected chi connectivity index (χ0v) is 13.5. The van der Waals surface area contributed by atoms with Crippen LogP contribution in [0.2, 0.25) is 0 Å². The van der Waals surface area contributed by atoms with E-state index >= 15 is 0 Å². The molecule has 1 aliphatic rings. The molecule has 122 valence electrons. The maximum atomic E-state index is 13.9. The van der Waals surface area contributed by atoms with Crippen molar-refractivity contribution in [1.82, 2.24) is 4.31 Å². The highest BCUT2D eigenvalue weighted by molar-refractivity contribution is 7.89. The lowest BCUT2D eigenvalue weighted by atomic mass is 10.0. The van der Waals surface area contributed by atoms with Crippen molar-refractivity contribution in [3.63, 3.8) is 0 Å². The van der Waals surface area contributed by atoms with E-state index in [-0.39, 0.29) is 6.04 Å². The van der Waals surface area contributed by atoms with Crippen LogP contribution in [0.5, 0.6) is 0 Å². The van der Waals surface area contributed by atoms with Crippen molar-refractivity contribution in [2.75, 3.05) is 6.54 Å². The number of benzene rings is 2. The molecule has 3 nitrogen and oxygen atoms in total. The molecule has 1 fully saturated rings. The molecule has 0 aliphatic carbocycles. The van der Waals surface area contributed by atoms with Gasteiger partial charge >= 0.3 is 0 Å². The standard InChI is InChI=1S/C17H17F2NO2S/c1-12-4-6-13(7-5-12)16-3-2-10-20(16)23(21,22)17-9-8-14(18)11-15(17)19/h4-9,11,16H,2-3,10H2,1H3. The van der Waals surface area contributed by atoms with Crippen LogP contribution >= 0.6 is 0 Å². The van der Waals surface area contributed by atoms with E-state index in [0.29, 0.717) is 25.5 Å². The molecule has 3 rings (SSSR count). The molecule has 1 unspecified atom stereocenters. The smallest absolute Gasteiger partial charge is 0.207 e. The van der Waals surface area contributed by atoms with Crippen LogP contribution in [-0.4, -0.2) is 19.3 Å². The molecule has 1 aliphatic heterocycles. The Hall–Kier alpha value is -1.79. The average Bonchev–Trinajstić information content (AvgIpc) is 2.98. The van der Waals surface area contributed by atoms with E-state index in [4.69, 9.17) is 0 Å². The summed E-state index contributed by atoms with van der Waals surface area (Å²) in [4.78, 5) is -0.474. The Morgan fingerprint density at radius 1 is 1.09 bits per heavy atom. The summed E-state index contributed by atoms with van der Waals surface area (Å²) in [6, 6.07) is 9.89. The van der Waals surface area contributed by atoms with Gasteiger partial charge in [0, 0.05) is 12.6 Å². The Labute approximate surface area is 134 Å². The third-order valence-electron chi connectivity index (χ3n) is 4.15. The molecule has 0 aromatic heterocycles. The Balaban J connectivity index is 1.99. The molecule has 0 radical (unpaired) electrons. The molecule has 23 heavy (non-hydrogen) atoms. The molecule has 0 spiro atoms. The highest BCUT2D eigenvalue weighted by Crippen LogP contribution is 2.37. The van der Waals surface area contributed by atoms with E-state index < -0.39 is 26.6 Å². The molecule has 0 N–H and O–H groups in total. The van der Waals surface area contributed by atoms with Gasteiger partial charge in [0.2, 0.25) is 10.0 Å². The Morgan fingerprint density at radius 2 is 1.78 bits per heavy atom. The number of rotatable bonds is 3. The molecule has 2 aromatic carbocycles. The maximum absolute atomic E-state index is 13.9. The molecule has 1 heterocycles. The normalized spacial score (nSPS) is 19.2. The molecule has 1 atom stereocenters. The number of sulfonamides is 1. The summed E-state index contributed by atoms with van der Waals surface area (Å²) >= 11 is 0. The van der Waals surface area contributed by atoms with Crippen molar-refractivity contribution in [3.8, 4) is 0 Å². The minimum atomic E-state index is -4.00. The van der Waals surface area contributed by atoms with Gasteiger partial charge in [-0.1, -0.05) is 29.8 Å². The van der Waals surface area contributed by atoms with Crippen molar-refractivity contribution in [1.29, 1.82) is 0 Å². The second-order valence-corrected chi connectivity index (χ2v) is 7.62. The van der Waals surface area contributed by atoms with Crippen LogP contribution in [0, 0.1) is 18.6 Å². The fraction of sp³-hybridized carbons (Fsp3) is 0.294. The van der Waals surface area contributed by atoms with Gasteiger partial charge in [0.05, 0.1) is 6.04 Å². The van der Waals surface area contributed by atoms with Gasteiger partial charge in [-0.3, -0.25) is 0 Å². The number of halogens is 2. The van der Waals surface area contributed by atoms with Crippen LogP contribution in [-0.2, 0) is 10.0 Å².